The SMILES string of the molecule is N#Cc1ccc(OCC23CC4CC(CC(C4)C2)C3)cc1. The number of ether oxygens (including phenoxy) is 1. The lowest BCUT2D eigenvalue weighted by Crippen LogP contribution is -2.48. The van der Waals surface area contributed by atoms with Crippen molar-refractivity contribution in [3.8, 4) is 11.8 Å². The van der Waals surface area contributed by atoms with Crippen molar-refractivity contribution in [2.75, 3.05) is 6.61 Å². The Kier molecular flexibility index (Phi) is 2.77. The van der Waals surface area contributed by atoms with E-state index in [9.17, 15) is 0 Å². The molecule has 0 spiro atoms. The van der Waals surface area contributed by atoms with Gasteiger partial charge in [-0.05, 0) is 80.5 Å². The number of hydrogen-bond donors (Lipinski definition) is 0. The molecule has 0 unspecified atom stereocenters. The van der Waals surface area contributed by atoms with Crippen molar-refractivity contribution in [3.63, 3.8) is 0 Å². The van der Waals surface area contributed by atoms with Crippen LogP contribution in [0.3, 0.4) is 0 Å². The number of benzene rings is 1. The van der Waals surface area contributed by atoms with Gasteiger partial charge in [-0.15, -0.1) is 0 Å². The van der Waals surface area contributed by atoms with Gasteiger partial charge in [-0.2, -0.15) is 5.26 Å². The fourth-order valence-electron chi connectivity index (χ4n) is 5.33. The Morgan fingerprint density at radius 2 is 1.55 bits per heavy atom. The Morgan fingerprint density at radius 3 is 2.05 bits per heavy atom. The highest BCUT2D eigenvalue weighted by atomic mass is 16.5. The second-order valence-corrected chi connectivity index (χ2v) is 7.34. The van der Waals surface area contributed by atoms with Gasteiger partial charge in [0.1, 0.15) is 5.75 Å². The summed E-state index contributed by atoms with van der Waals surface area (Å²) in [6.07, 6.45) is 8.60. The molecule has 0 amide bonds. The van der Waals surface area contributed by atoms with Crippen molar-refractivity contribution in [1.29, 1.82) is 5.26 Å². The lowest BCUT2D eigenvalue weighted by molar-refractivity contribution is -0.0745. The highest BCUT2D eigenvalue weighted by Crippen LogP contribution is 2.59. The number of nitriles is 1. The molecule has 4 saturated carbocycles. The van der Waals surface area contributed by atoms with E-state index in [1.807, 2.05) is 24.3 Å². The van der Waals surface area contributed by atoms with Crippen LogP contribution in [0.25, 0.3) is 0 Å². The molecule has 4 aliphatic rings. The largest absolute Gasteiger partial charge is 0.493 e. The molecule has 104 valence electrons. The van der Waals surface area contributed by atoms with E-state index in [0.29, 0.717) is 11.0 Å². The monoisotopic (exact) mass is 267 g/mol. The van der Waals surface area contributed by atoms with E-state index in [4.69, 9.17) is 10.00 Å². The van der Waals surface area contributed by atoms with Gasteiger partial charge in [0.2, 0.25) is 0 Å². The van der Waals surface area contributed by atoms with E-state index in [1.54, 1.807) is 0 Å². The molecule has 0 heterocycles. The molecule has 0 atom stereocenters. The summed E-state index contributed by atoms with van der Waals surface area (Å²) >= 11 is 0. The van der Waals surface area contributed by atoms with Crippen LogP contribution in [-0.4, -0.2) is 6.61 Å². The molecule has 0 saturated heterocycles. The Balaban J connectivity index is 1.45. The van der Waals surface area contributed by atoms with Crippen molar-refractivity contribution >= 4 is 0 Å². The lowest BCUT2D eigenvalue weighted by Gasteiger charge is -2.56. The summed E-state index contributed by atoms with van der Waals surface area (Å²) in [5, 5.41) is 8.82. The van der Waals surface area contributed by atoms with Crippen molar-refractivity contribution in [2.24, 2.45) is 23.2 Å². The summed E-state index contributed by atoms with van der Waals surface area (Å²) in [5.74, 6) is 3.85. The quantitative estimate of drug-likeness (QED) is 0.824. The molecule has 1 aromatic rings. The van der Waals surface area contributed by atoms with Crippen molar-refractivity contribution in [2.45, 2.75) is 38.5 Å². The average Bonchev–Trinajstić information content (AvgIpc) is 2.44. The van der Waals surface area contributed by atoms with Gasteiger partial charge in [0, 0.05) is 5.41 Å². The summed E-state index contributed by atoms with van der Waals surface area (Å²) in [6.45, 7) is 0.877. The Morgan fingerprint density at radius 1 is 1.00 bits per heavy atom. The third-order valence-electron chi connectivity index (χ3n) is 5.69. The van der Waals surface area contributed by atoms with Gasteiger partial charge in [-0.3, -0.25) is 0 Å². The Bertz CT molecular complexity index is 504. The molecule has 20 heavy (non-hydrogen) atoms. The summed E-state index contributed by atoms with van der Waals surface area (Å²) in [5.41, 5.74) is 1.16. The zero-order valence-corrected chi connectivity index (χ0v) is 11.8. The molecule has 0 aromatic heterocycles. The number of rotatable bonds is 3. The maximum absolute atomic E-state index is 8.82. The molecule has 4 aliphatic carbocycles. The van der Waals surface area contributed by atoms with Gasteiger partial charge in [-0.25, -0.2) is 0 Å². The van der Waals surface area contributed by atoms with Crippen molar-refractivity contribution in [3.05, 3.63) is 29.8 Å². The predicted molar refractivity (Wildman–Crippen MR) is 77.3 cm³/mol. The molecule has 0 aliphatic heterocycles. The lowest BCUT2D eigenvalue weighted by atomic mass is 9.50. The molecular formula is C18H21NO. The minimum atomic E-state index is 0.461. The van der Waals surface area contributed by atoms with E-state index in [-0.39, 0.29) is 0 Å². The average molecular weight is 267 g/mol. The van der Waals surface area contributed by atoms with Gasteiger partial charge < -0.3 is 4.74 Å². The van der Waals surface area contributed by atoms with Gasteiger partial charge in [0.05, 0.1) is 18.2 Å². The van der Waals surface area contributed by atoms with Crippen LogP contribution in [0.2, 0.25) is 0 Å². The van der Waals surface area contributed by atoms with Gasteiger partial charge in [0.15, 0.2) is 0 Å². The summed E-state index contributed by atoms with van der Waals surface area (Å²) < 4.78 is 6.08. The zero-order chi connectivity index (χ0) is 13.6. The molecule has 0 radical (unpaired) electrons. The van der Waals surface area contributed by atoms with Crippen LogP contribution in [0.1, 0.15) is 44.1 Å². The van der Waals surface area contributed by atoms with Crippen LogP contribution in [0, 0.1) is 34.5 Å². The first-order valence-corrected chi connectivity index (χ1v) is 7.88. The maximum atomic E-state index is 8.82. The maximum Gasteiger partial charge on any atom is 0.119 e. The first-order chi connectivity index (χ1) is 9.75. The van der Waals surface area contributed by atoms with E-state index in [1.165, 1.54) is 38.5 Å². The van der Waals surface area contributed by atoms with E-state index < -0.39 is 0 Å². The minimum Gasteiger partial charge on any atom is -0.493 e. The van der Waals surface area contributed by atoms with Crippen molar-refractivity contribution in [1.82, 2.24) is 0 Å². The molecule has 4 bridgehead atoms. The van der Waals surface area contributed by atoms with Crippen molar-refractivity contribution < 1.29 is 4.74 Å². The molecule has 5 rings (SSSR count). The van der Waals surface area contributed by atoms with Crippen LogP contribution in [-0.2, 0) is 0 Å². The number of nitrogens with zero attached hydrogens (tertiary/aromatic N) is 1. The first-order valence-electron chi connectivity index (χ1n) is 7.88. The smallest absolute Gasteiger partial charge is 0.119 e. The summed E-state index contributed by atoms with van der Waals surface area (Å²) in [7, 11) is 0. The number of hydrogen-bond acceptors (Lipinski definition) is 2. The molecule has 0 N–H and O–H groups in total. The topological polar surface area (TPSA) is 33.0 Å². The van der Waals surface area contributed by atoms with E-state index in [2.05, 4.69) is 6.07 Å². The third-order valence-corrected chi connectivity index (χ3v) is 5.69. The molecule has 2 nitrogen and oxygen atoms in total. The molecular weight excluding hydrogens is 246 g/mol. The standard InChI is InChI=1S/C18H21NO/c19-11-13-1-3-17(4-2-13)20-12-18-8-14-5-15(9-18)7-16(6-14)10-18/h1-4,14-16H,5-10,12H2. The predicted octanol–water partition coefficient (Wildman–Crippen LogP) is 4.15. The Labute approximate surface area is 120 Å². The normalized spacial score (nSPS) is 37.6. The molecule has 1 aromatic carbocycles. The minimum absolute atomic E-state index is 0.461. The fourth-order valence-corrected chi connectivity index (χ4v) is 5.33. The fraction of sp³-hybridized carbons (Fsp3) is 0.611. The zero-order valence-electron chi connectivity index (χ0n) is 11.8. The second-order valence-electron chi connectivity index (χ2n) is 7.34. The third kappa shape index (κ3) is 2.10. The first kappa shape index (κ1) is 12.3. The van der Waals surface area contributed by atoms with Gasteiger partial charge in [0.25, 0.3) is 0 Å². The van der Waals surface area contributed by atoms with Crippen LogP contribution in [0.4, 0.5) is 0 Å². The van der Waals surface area contributed by atoms with E-state index >= 15 is 0 Å². The van der Waals surface area contributed by atoms with E-state index in [0.717, 1.165) is 30.1 Å². The highest BCUT2D eigenvalue weighted by Gasteiger charge is 2.51. The van der Waals surface area contributed by atoms with Crippen LogP contribution in [0.5, 0.6) is 5.75 Å². The molecule has 4 fully saturated rings. The van der Waals surface area contributed by atoms with Gasteiger partial charge in [-0.1, -0.05) is 0 Å². The molecule has 2 heteroatoms. The van der Waals surface area contributed by atoms with Crippen LogP contribution < -0.4 is 4.74 Å². The van der Waals surface area contributed by atoms with Crippen LogP contribution in [0.15, 0.2) is 24.3 Å². The second kappa shape index (κ2) is 4.52. The Hall–Kier alpha value is -1.49. The van der Waals surface area contributed by atoms with Gasteiger partial charge >= 0.3 is 0 Å². The van der Waals surface area contributed by atoms with Crippen LogP contribution >= 0.6 is 0 Å². The summed E-state index contributed by atoms with van der Waals surface area (Å²) in [4.78, 5) is 0. The summed E-state index contributed by atoms with van der Waals surface area (Å²) in [6, 6.07) is 9.69. The highest BCUT2D eigenvalue weighted by molar-refractivity contribution is 5.34.